The van der Waals surface area contributed by atoms with Gasteiger partial charge in [-0.3, -0.25) is 14.4 Å². The van der Waals surface area contributed by atoms with Crippen LogP contribution in [0.3, 0.4) is 0 Å². The van der Waals surface area contributed by atoms with Crippen molar-refractivity contribution in [1.29, 1.82) is 0 Å². The topological polar surface area (TPSA) is 107 Å². The van der Waals surface area contributed by atoms with E-state index in [-0.39, 0.29) is 11.3 Å². The molecule has 7 heteroatoms. The summed E-state index contributed by atoms with van der Waals surface area (Å²) in [6.45, 7) is 0.0985. The van der Waals surface area contributed by atoms with E-state index in [1.54, 1.807) is 4.90 Å². The second-order valence-electron chi connectivity index (χ2n) is 7.29. The van der Waals surface area contributed by atoms with E-state index >= 15 is 0 Å². The summed E-state index contributed by atoms with van der Waals surface area (Å²) in [5, 5.41) is 21.9. The third-order valence-corrected chi connectivity index (χ3v) is 5.39. The van der Waals surface area contributed by atoms with Crippen molar-refractivity contribution in [3.05, 3.63) is 47.2 Å². The normalized spacial score (nSPS) is 19.3. The van der Waals surface area contributed by atoms with Gasteiger partial charge in [-0.1, -0.05) is 49.6 Å². The van der Waals surface area contributed by atoms with Crippen LogP contribution in [0.25, 0.3) is 0 Å². The third kappa shape index (κ3) is 3.97. The maximum Gasteiger partial charge on any atom is 0.322 e. The molecule has 27 heavy (non-hydrogen) atoms. The lowest BCUT2D eigenvalue weighted by Gasteiger charge is -2.44. The summed E-state index contributed by atoms with van der Waals surface area (Å²) < 4.78 is 0. The van der Waals surface area contributed by atoms with Crippen molar-refractivity contribution in [2.45, 2.75) is 38.6 Å². The molecule has 1 aromatic rings. The summed E-state index contributed by atoms with van der Waals surface area (Å²) in [6.07, 6.45) is 4.30. The molecular weight excluding hydrogens is 348 g/mol. The number of carboxylic acid groups (broad SMARTS) is 1. The zero-order chi connectivity index (χ0) is 19.4. The molecule has 1 heterocycles. The first-order valence-electron chi connectivity index (χ1n) is 9.20. The van der Waals surface area contributed by atoms with Crippen LogP contribution in [0.2, 0.25) is 0 Å². The van der Waals surface area contributed by atoms with Crippen LogP contribution >= 0.6 is 0 Å². The highest BCUT2D eigenvalue weighted by molar-refractivity contribution is 6.19. The zero-order valence-electron chi connectivity index (χ0n) is 15.1. The van der Waals surface area contributed by atoms with Crippen LogP contribution in [0, 0.1) is 5.41 Å². The highest BCUT2D eigenvalue weighted by Gasteiger charge is 2.47. The molecule has 1 fully saturated rings. The molecule has 1 aliphatic heterocycles. The van der Waals surface area contributed by atoms with Gasteiger partial charge in [0.25, 0.3) is 11.8 Å². The van der Waals surface area contributed by atoms with Gasteiger partial charge in [0.15, 0.2) is 0 Å². The molecule has 3 rings (SSSR count). The van der Waals surface area contributed by atoms with E-state index in [1.165, 1.54) is 0 Å². The summed E-state index contributed by atoms with van der Waals surface area (Å²) >= 11 is 0. The maximum atomic E-state index is 13.0. The molecule has 2 aliphatic rings. The van der Waals surface area contributed by atoms with E-state index in [2.05, 4.69) is 5.32 Å². The van der Waals surface area contributed by atoms with Crippen molar-refractivity contribution < 1.29 is 24.6 Å². The fraction of sp³-hybridized carbons (Fsp3) is 0.450. The van der Waals surface area contributed by atoms with Gasteiger partial charge in [0, 0.05) is 18.5 Å². The lowest BCUT2D eigenvalue weighted by molar-refractivity contribution is -0.139. The monoisotopic (exact) mass is 372 g/mol. The standard InChI is InChI=1S/C20H24N2O5/c23-15(24)11-21-18(26)16-17(25)20(9-5-2-6-10-20)13-22(19(16)27)12-14-7-3-1-4-8-14/h1,3-4,7-8,25H,2,5-6,9-13H2,(H,21,26)(H,23,24). The summed E-state index contributed by atoms with van der Waals surface area (Å²) in [4.78, 5) is 37.8. The fourth-order valence-corrected chi connectivity index (χ4v) is 4.04. The molecule has 0 aromatic heterocycles. The molecule has 1 aliphatic carbocycles. The molecule has 1 aromatic carbocycles. The minimum Gasteiger partial charge on any atom is -0.511 e. The molecule has 0 unspecified atom stereocenters. The van der Waals surface area contributed by atoms with Gasteiger partial charge >= 0.3 is 5.97 Å². The molecule has 3 N–H and O–H groups in total. The van der Waals surface area contributed by atoms with Gasteiger partial charge in [0.1, 0.15) is 17.9 Å². The largest absolute Gasteiger partial charge is 0.511 e. The number of aliphatic hydroxyl groups is 1. The lowest BCUT2D eigenvalue weighted by atomic mass is 9.69. The van der Waals surface area contributed by atoms with E-state index in [1.807, 2.05) is 30.3 Å². The number of carboxylic acids is 1. The number of carbonyl (C=O) groups is 3. The summed E-state index contributed by atoms with van der Waals surface area (Å²) in [5.41, 5.74) is -0.0135. The first-order chi connectivity index (χ1) is 12.9. The highest BCUT2D eigenvalue weighted by atomic mass is 16.4. The van der Waals surface area contributed by atoms with Crippen LogP contribution in [0.4, 0.5) is 0 Å². The Morgan fingerprint density at radius 2 is 1.78 bits per heavy atom. The number of rotatable bonds is 5. The quantitative estimate of drug-likeness (QED) is 0.685. The summed E-state index contributed by atoms with van der Waals surface area (Å²) in [7, 11) is 0. The molecule has 0 atom stereocenters. The van der Waals surface area contributed by atoms with E-state index in [0.29, 0.717) is 25.9 Å². The Hall–Kier alpha value is -2.83. The minimum absolute atomic E-state index is 0.181. The number of hydrogen-bond acceptors (Lipinski definition) is 4. The van der Waals surface area contributed by atoms with Gasteiger partial charge in [-0.2, -0.15) is 0 Å². The predicted molar refractivity (Wildman–Crippen MR) is 97.7 cm³/mol. The van der Waals surface area contributed by atoms with Crippen molar-refractivity contribution in [3.63, 3.8) is 0 Å². The number of hydrogen-bond donors (Lipinski definition) is 3. The number of carbonyl (C=O) groups excluding carboxylic acids is 2. The number of amides is 2. The Kier molecular flexibility index (Phi) is 5.48. The number of aliphatic hydroxyl groups excluding tert-OH is 1. The van der Waals surface area contributed by atoms with Crippen molar-refractivity contribution in [1.82, 2.24) is 10.2 Å². The average molecular weight is 372 g/mol. The van der Waals surface area contributed by atoms with Gasteiger partial charge in [0.05, 0.1) is 0 Å². The second kappa shape index (κ2) is 7.82. The Labute approximate surface area is 157 Å². The third-order valence-electron chi connectivity index (χ3n) is 5.39. The van der Waals surface area contributed by atoms with E-state index in [0.717, 1.165) is 24.8 Å². The van der Waals surface area contributed by atoms with Gasteiger partial charge in [-0.25, -0.2) is 0 Å². The molecule has 0 radical (unpaired) electrons. The first-order valence-corrected chi connectivity index (χ1v) is 9.20. The SMILES string of the molecule is O=C(O)CNC(=O)C1=C(O)C2(CCCCC2)CN(Cc2ccccc2)C1=O. The minimum atomic E-state index is -1.21. The second-order valence-corrected chi connectivity index (χ2v) is 7.29. The summed E-state index contributed by atoms with van der Waals surface area (Å²) in [5.74, 6) is -2.78. The molecule has 0 saturated heterocycles. The molecule has 2 amide bonds. The molecule has 1 spiro atoms. The van der Waals surface area contributed by atoms with Crippen molar-refractivity contribution >= 4 is 17.8 Å². The fourth-order valence-electron chi connectivity index (χ4n) is 4.04. The van der Waals surface area contributed by atoms with Crippen LogP contribution in [-0.2, 0) is 20.9 Å². The molecule has 1 saturated carbocycles. The van der Waals surface area contributed by atoms with E-state index in [9.17, 15) is 19.5 Å². The molecule has 7 nitrogen and oxygen atoms in total. The van der Waals surface area contributed by atoms with Crippen molar-refractivity contribution in [3.8, 4) is 0 Å². The van der Waals surface area contributed by atoms with Crippen molar-refractivity contribution in [2.75, 3.05) is 13.1 Å². The Bertz CT molecular complexity index is 766. The van der Waals surface area contributed by atoms with E-state index in [4.69, 9.17) is 5.11 Å². The maximum absolute atomic E-state index is 13.0. The Balaban J connectivity index is 1.93. The number of aliphatic carboxylic acids is 1. The average Bonchev–Trinajstić information content (AvgIpc) is 2.66. The van der Waals surface area contributed by atoms with Crippen LogP contribution in [0.1, 0.15) is 37.7 Å². The number of nitrogens with zero attached hydrogens (tertiary/aromatic N) is 1. The van der Waals surface area contributed by atoms with Gasteiger partial charge in [0.2, 0.25) is 0 Å². The van der Waals surface area contributed by atoms with Crippen LogP contribution in [0.15, 0.2) is 41.7 Å². The summed E-state index contributed by atoms with van der Waals surface area (Å²) in [6, 6.07) is 9.47. The Morgan fingerprint density at radius 1 is 1.11 bits per heavy atom. The van der Waals surface area contributed by atoms with Crippen LogP contribution < -0.4 is 5.32 Å². The lowest BCUT2D eigenvalue weighted by Crippen LogP contribution is -2.51. The number of benzene rings is 1. The van der Waals surface area contributed by atoms with Gasteiger partial charge in [-0.15, -0.1) is 0 Å². The molecule has 0 bridgehead atoms. The first kappa shape index (κ1) is 18.9. The van der Waals surface area contributed by atoms with Gasteiger partial charge < -0.3 is 20.4 Å². The Morgan fingerprint density at radius 3 is 2.41 bits per heavy atom. The molecular formula is C20H24N2O5. The smallest absolute Gasteiger partial charge is 0.322 e. The van der Waals surface area contributed by atoms with Gasteiger partial charge in [-0.05, 0) is 18.4 Å². The zero-order valence-corrected chi connectivity index (χ0v) is 15.1. The van der Waals surface area contributed by atoms with Crippen LogP contribution in [-0.4, -0.2) is 46.0 Å². The van der Waals surface area contributed by atoms with Crippen LogP contribution in [0.5, 0.6) is 0 Å². The van der Waals surface area contributed by atoms with E-state index < -0.39 is 29.7 Å². The highest BCUT2D eigenvalue weighted by Crippen LogP contribution is 2.46. The predicted octanol–water partition coefficient (Wildman–Crippen LogP) is 1.99. The van der Waals surface area contributed by atoms with Crippen molar-refractivity contribution in [2.24, 2.45) is 5.41 Å². The molecule has 144 valence electrons. The number of nitrogens with one attached hydrogen (secondary N) is 1.